The summed E-state index contributed by atoms with van der Waals surface area (Å²) < 4.78 is 0. The number of rotatable bonds is 5. The SMILES string of the molecule is CN(CCC(N)=O)C(=O)Cc1n[nH]c(=O)c2ccccc12. The van der Waals surface area contributed by atoms with Crippen molar-refractivity contribution in [3.63, 3.8) is 0 Å². The van der Waals surface area contributed by atoms with Gasteiger partial charge in [0, 0.05) is 25.4 Å². The fourth-order valence-corrected chi connectivity index (χ4v) is 1.99. The van der Waals surface area contributed by atoms with Crippen molar-refractivity contribution < 1.29 is 9.59 Å². The molecule has 1 aromatic heterocycles. The summed E-state index contributed by atoms with van der Waals surface area (Å²) in [6.45, 7) is 0.259. The van der Waals surface area contributed by atoms with E-state index in [-0.39, 0.29) is 30.9 Å². The van der Waals surface area contributed by atoms with Gasteiger partial charge >= 0.3 is 0 Å². The van der Waals surface area contributed by atoms with E-state index in [0.717, 1.165) is 0 Å². The summed E-state index contributed by atoms with van der Waals surface area (Å²) in [5, 5.41) is 7.48. The van der Waals surface area contributed by atoms with Crippen molar-refractivity contribution in [3.05, 3.63) is 40.3 Å². The molecule has 0 unspecified atom stereocenters. The van der Waals surface area contributed by atoms with Gasteiger partial charge in [0.2, 0.25) is 11.8 Å². The van der Waals surface area contributed by atoms with Crippen LogP contribution in [0.3, 0.4) is 0 Å². The molecule has 2 aromatic rings. The number of hydrogen-bond acceptors (Lipinski definition) is 4. The Bertz CT molecular complexity index is 738. The van der Waals surface area contributed by atoms with Crippen molar-refractivity contribution in [3.8, 4) is 0 Å². The standard InChI is InChI=1S/C14H16N4O3/c1-18(7-6-12(15)19)13(20)8-11-9-4-2-3-5-10(9)14(21)17-16-11/h2-5H,6-8H2,1H3,(H2,15,19)(H,17,21). The molecule has 110 valence electrons. The number of carbonyl (C=O) groups is 2. The van der Waals surface area contributed by atoms with Crippen molar-refractivity contribution in [2.24, 2.45) is 5.73 Å². The van der Waals surface area contributed by atoms with Crippen molar-refractivity contribution >= 4 is 22.6 Å². The van der Waals surface area contributed by atoms with Crippen LogP contribution in [0.25, 0.3) is 10.8 Å². The minimum Gasteiger partial charge on any atom is -0.370 e. The summed E-state index contributed by atoms with van der Waals surface area (Å²) in [5.41, 5.74) is 5.27. The van der Waals surface area contributed by atoms with Crippen LogP contribution in [-0.2, 0) is 16.0 Å². The van der Waals surface area contributed by atoms with Crippen molar-refractivity contribution in [2.75, 3.05) is 13.6 Å². The normalized spacial score (nSPS) is 10.5. The molecule has 1 heterocycles. The summed E-state index contributed by atoms with van der Waals surface area (Å²) in [6.07, 6.45) is 0.161. The van der Waals surface area contributed by atoms with E-state index in [4.69, 9.17) is 5.73 Å². The van der Waals surface area contributed by atoms with Gasteiger partial charge in [-0.15, -0.1) is 0 Å². The number of nitrogens with one attached hydrogen (secondary N) is 1. The molecule has 2 rings (SSSR count). The first-order chi connectivity index (χ1) is 9.99. The molecule has 7 nitrogen and oxygen atoms in total. The van der Waals surface area contributed by atoms with Crippen LogP contribution in [0.2, 0.25) is 0 Å². The molecule has 0 aliphatic heterocycles. The molecular formula is C14H16N4O3. The lowest BCUT2D eigenvalue weighted by Gasteiger charge is -2.16. The summed E-state index contributed by atoms with van der Waals surface area (Å²) in [6, 6.07) is 6.97. The second-order valence-corrected chi connectivity index (χ2v) is 4.75. The fraction of sp³-hybridized carbons (Fsp3) is 0.286. The highest BCUT2D eigenvalue weighted by atomic mass is 16.2. The van der Waals surface area contributed by atoms with Crippen molar-refractivity contribution in [2.45, 2.75) is 12.8 Å². The molecule has 21 heavy (non-hydrogen) atoms. The maximum absolute atomic E-state index is 12.1. The largest absolute Gasteiger partial charge is 0.370 e. The third-order valence-electron chi connectivity index (χ3n) is 3.21. The van der Waals surface area contributed by atoms with Gasteiger partial charge in [-0.1, -0.05) is 18.2 Å². The van der Waals surface area contributed by atoms with E-state index in [1.807, 2.05) is 0 Å². The first-order valence-electron chi connectivity index (χ1n) is 6.47. The lowest BCUT2D eigenvalue weighted by atomic mass is 10.1. The fourth-order valence-electron chi connectivity index (χ4n) is 1.99. The maximum Gasteiger partial charge on any atom is 0.272 e. The van der Waals surface area contributed by atoms with Gasteiger partial charge in [-0.2, -0.15) is 5.10 Å². The highest BCUT2D eigenvalue weighted by Crippen LogP contribution is 2.13. The third-order valence-corrected chi connectivity index (χ3v) is 3.21. The van der Waals surface area contributed by atoms with Crippen LogP contribution in [0.1, 0.15) is 12.1 Å². The average Bonchev–Trinajstić information content (AvgIpc) is 2.47. The number of benzene rings is 1. The van der Waals surface area contributed by atoms with Gasteiger partial charge in [-0.3, -0.25) is 14.4 Å². The monoisotopic (exact) mass is 288 g/mol. The molecular weight excluding hydrogens is 272 g/mol. The molecule has 0 atom stereocenters. The van der Waals surface area contributed by atoms with E-state index in [9.17, 15) is 14.4 Å². The van der Waals surface area contributed by atoms with Crippen LogP contribution >= 0.6 is 0 Å². The molecule has 1 aromatic carbocycles. The summed E-state index contributed by atoms with van der Waals surface area (Å²) in [7, 11) is 1.60. The second kappa shape index (κ2) is 6.17. The Balaban J connectivity index is 2.20. The van der Waals surface area contributed by atoms with Crippen LogP contribution in [0.4, 0.5) is 0 Å². The molecule has 3 N–H and O–H groups in total. The van der Waals surface area contributed by atoms with Crippen LogP contribution < -0.4 is 11.3 Å². The number of amides is 2. The number of aromatic nitrogens is 2. The first kappa shape index (κ1) is 14.7. The number of fused-ring (bicyclic) bond motifs is 1. The van der Waals surface area contributed by atoms with E-state index < -0.39 is 5.91 Å². The zero-order valence-corrected chi connectivity index (χ0v) is 11.6. The van der Waals surface area contributed by atoms with E-state index in [0.29, 0.717) is 16.5 Å². The van der Waals surface area contributed by atoms with Gasteiger partial charge in [0.15, 0.2) is 0 Å². The molecule has 0 saturated carbocycles. The van der Waals surface area contributed by atoms with Gasteiger partial charge in [0.25, 0.3) is 5.56 Å². The number of likely N-dealkylation sites (N-methyl/N-ethyl adjacent to an activating group) is 1. The van der Waals surface area contributed by atoms with Crippen LogP contribution in [0, 0.1) is 0 Å². The van der Waals surface area contributed by atoms with Crippen LogP contribution in [0.15, 0.2) is 29.1 Å². The smallest absolute Gasteiger partial charge is 0.272 e. The third kappa shape index (κ3) is 3.44. The number of hydrogen-bond donors (Lipinski definition) is 2. The zero-order valence-electron chi connectivity index (χ0n) is 11.6. The summed E-state index contributed by atoms with van der Waals surface area (Å²) >= 11 is 0. The van der Waals surface area contributed by atoms with Gasteiger partial charge in [-0.25, -0.2) is 5.10 Å². The summed E-state index contributed by atoms with van der Waals surface area (Å²) in [5.74, 6) is -0.650. The molecule has 0 radical (unpaired) electrons. The average molecular weight is 288 g/mol. The Hall–Kier alpha value is -2.70. The lowest BCUT2D eigenvalue weighted by molar-refractivity contribution is -0.129. The predicted octanol–water partition coefficient (Wildman–Crippen LogP) is -0.201. The van der Waals surface area contributed by atoms with E-state index >= 15 is 0 Å². The minimum absolute atomic E-state index is 0.0482. The molecule has 0 fully saturated rings. The first-order valence-corrected chi connectivity index (χ1v) is 6.47. The molecule has 7 heteroatoms. The number of aromatic amines is 1. The topological polar surface area (TPSA) is 109 Å². The number of nitrogens with zero attached hydrogens (tertiary/aromatic N) is 2. The molecule has 0 spiro atoms. The minimum atomic E-state index is -0.456. The van der Waals surface area contributed by atoms with Crippen LogP contribution in [0.5, 0.6) is 0 Å². The number of nitrogens with two attached hydrogens (primary N) is 1. The Labute approximate surface area is 120 Å². The molecule has 2 amide bonds. The Morgan fingerprint density at radius 2 is 1.95 bits per heavy atom. The molecule has 0 bridgehead atoms. The number of primary amides is 1. The van der Waals surface area contributed by atoms with Gasteiger partial charge in [0.1, 0.15) is 0 Å². The zero-order chi connectivity index (χ0) is 15.4. The van der Waals surface area contributed by atoms with E-state index in [1.165, 1.54) is 4.90 Å². The van der Waals surface area contributed by atoms with Gasteiger partial charge in [-0.05, 0) is 6.07 Å². The highest BCUT2D eigenvalue weighted by Gasteiger charge is 2.14. The van der Waals surface area contributed by atoms with E-state index in [1.54, 1.807) is 31.3 Å². The van der Waals surface area contributed by atoms with Gasteiger partial charge < -0.3 is 10.6 Å². The number of H-pyrrole nitrogens is 1. The highest BCUT2D eigenvalue weighted by molar-refractivity contribution is 5.88. The van der Waals surface area contributed by atoms with E-state index in [2.05, 4.69) is 10.2 Å². The Morgan fingerprint density at radius 3 is 2.62 bits per heavy atom. The second-order valence-electron chi connectivity index (χ2n) is 4.75. The molecule has 0 saturated heterocycles. The van der Waals surface area contributed by atoms with Crippen molar-refractivity contribution in [1.29, 1.82) is 0 Å². The number of carbonyl (C=O) groups excluding carboxylic acids is 2. The van der Waals surface area contributed by atoms with Crippen LogP contribution in [-0.4, -0.2) is 40.5 Å². The predicted molar refractivity (Wildman–Crippen MR) is 77.5 cm³/mol. The van der Waals surface area contributed by atoms with Gasteiger partial charge in [0.05, 0.1) is 17.5 Å². The lowest BCUT2D eigenvalue weighted by Crippen LogP contribution is -2.32. The maximum atomic E-state index is 12.1. The summed E-state index contributed by atoms with van der Waals surface area (Å²) in [4.78, 5) is 35.9. The Morgan fingerprint density at radius 1 is 1.29 bits per heavy atom. The Kier molecular flexibility index (Phi) is 4.32. The van der Waals surface area contributed by atoms with Crippen molar-refractivity contribution in [1.82, 2.24) is 15.1 Å². The quantitative estimate of drug-likeness (QED) is 0.794. The molecule has 0 aliphatic carbocycles. The molecule has 0 aliphatic rings.